The van der Waals surface area contributed by atoms with Crippen molar-refractivity contribution in [2.24, 2.45) is 0 Å². The standard InChI is InChI=1S/C29H28IN3O/c1-19-22(23-12-8-14-26(30)20(23)2)11-7-13-24(19)28-31-27-15-16-33(17-21-9-5-4-6-10-21)18-25(27)29(32-28)34-3/h4-14H,15-18H2,1-3H3. The van der Waals surface area contributed by atoms with Crippen LogP contribution in [-0.2, 0) is 19.5 Å². The van der Waals surface area contributed by atoms with Gasteiger partial charge in [0.25, 0.3) is 0 Å². The minimum absolute atomic E-state index is 0.688. The normalized spacial score (nSPS) is 13.5. The largest absolute Gasteiger partial charge is 0.481 e. The van der Waals surface area contributed by atoms with Crippen LogP contribution in [0.25, 0.3) is 22.5 Å². The Morgan fingerprint density at radius 2 is 1.56 bits per heavy atom. The van der Waals surface area contributed by atoms with E-state index in [4.69, 9.17) is 14.7 Å². The van der Waals surface area contributed by atoms with Crippen LogP contribution in [0.1, 0.15) is 27.9 Å². The molecule has 0 aliphatic carbocycles. The fraction of sp³-hybridized carbons (Fsp3) is 0.241. The lowest BCUT2D eigenvalue weighted by Crippen LogP contribution is -2.31. The number of rotatable bonds is 5. The minimum atomic E-state index is 0.688. The van der Waals surface area contributed by atoms with E-state index >= 15 is 0 Å². The van der Waals surface area contributed by atoms with E-state index in [9.17, 15) is 0 Å². The topological polar surface area (TPSA) is 38.3 Å². The quantitative estimate of drug-likeness (QED) is 0.258. The van der Waals surface area contributed by atoms with Crippen LogP contribution in [-0.4, -0.2) is 28.5 Å². The summed E-state index contributed by atoms with van der Waals surface area (Å²) in [6.07, 6.45) is 0.892. The van der Waals surface area contributed by atoms with E-state index in [0.29, 0.717) is 5.88 Å². The number of benzene rings is 3. The molecule has 3 aromatic carbocycles. The molecule has 0 atom stereocenters. The Morgan fingerprint density at radius 3 is 2.32 bits per heavy atom. The van der Waals surface area contributed by atoms with E-state index in [0.717, 1.165) is 48.7 Å². The average molecular weight is 561 g/mol. The first-order valence-corrected chi connectivity index (χ1v) is 12.7. The van der Waals surface area contributed by atoms with Crippen molar-refractivity contribution >= 4 is 22.6 Å². The van der Waals surface area contributed by atoms with Crippen LogP contribution in [0.15, 0.2) is 66.7 Å². The molecule has 172 valence electrons. The number of halogens is 1. The molecular weight excluding hydrogens is 533 g/mol. The van der Waals surface area contributed by atoms with Gasteiger partial charge in [-0.15, -0.1) is 0 Å². The van der Waals surface area contributed by atoms with Gasteiger partial charge >= 0.3 is 0 Å². The molecule has 0 saturated heterocycles. The molecule has 1 aromatic heterocycles. The summed E-state index contributed by atoms with van der Waals surface area (Å²) in [4.78, 5) is 12.4. The summed E-state index contributed by atoms with van der Waals surface area (Å²) in [5, 5.41) is 0. The van der Waals surface area contributed by atoms with Crippen LogP contribution < -0.4 is 4.74 Å². The molecule has 0 amide bonds. The Balaban J connectivity index is 1.50. The molecule has 0 unspecified atom stereocenters. The van der Waals surface area contributed by atoms with Crippen molar-refractivity contribution in [1.82, 2.24) is 14.9 Å². The summed E-state index contributed by atoms with van der Waals surface area (Å²) in [6.45, 7) is 7.04. The number of fused-ring (bicyclic) bond motifs is 1. The predicted molar refractivity (Wildman–Crippen MR) is 146 cm³/mol. The summed E-state index contributed by atoms with van der Waals surface area (Å²) >= 11 is 2.40. The van der Waals surface area contributed by atoms with Crippen LogP contribution in [0.3, 0.4) is 0 Å². The fourth-order valence-electron chi connectivity index (χ4n) is 4.77. The number of hydrogen-bond acceptors (Lipinski definition) is 4. The lowest BCUT2D eigenvalue weighted by molar-refractivity contribution is 0.236. The van der Waals surface area contributed by atoms with Crippen LogP contribution in [0.5, 0.6) is 5.88 Å². The van der Waals surface area contributed by atoms with Crippen LogP contribution in [0, 0.1) is 17.4 Å². The van der Waals surface area contributed by atoms with Crippen molar-refractivity contribution in [2.45, 2.75) is 33.4 Å². The molecule has 4 aromatic rings. The summed E-state index contributed by atoms with van der Waals surface area (Å²) < 4.78 is 7.05. The Bertz CT molecular complexity index is 1320. The summed E-state index contributed by atoms with van der Waals surface area (Å²) in [6, 6.07) is 23.5. The molecule has 0 fully saturated rings. The number of nitrogens with zero attached hydrogens (tertiary/aromatic N) is 3. The van der Waals surface area contributed by atoms with Gasteiger partial charge in [-0.1, -0.05) is 60.7 Å². The fourth-order valence-corrected chi connectivity index (χ4v) is 5.27. The van der Waals surface area contributed by atoms with Crippen molar-refractivity contribution < 1.29 is 4.74 Å². The third-order valence-electron chi connectivity index (χ3n) is 6.68. The van der Waals surface area contributed by atoms with Crippen molar-refractivity contribution in [3.05, 3.63) is 98.2 Å². The molecule has 1 aliphatic rings. The minimum Gasteiger partial charge on any atom is -0.481 e. The molecule has 0 bridgehead atoms. The van der Waals surface area contributed by atoms with Gasteiger partial charge < -0.3 is 4.74 Å². The van der Waals surface area contributed by atoms with Crippen LogP contribution in [0.4, 0.5) is 0 Å². The van der Waals surface area contributed by atoms with Gasteiger partial charge in [-0.3, -0.25) is 4.90 Å². The lowest BCUT2D eigenvalue weighted by Gasteiger charge is -2.29. The zero-order chi connectivity index (χ0) is 23.7. The highest BCUT2D eigenvalue weighted by atomic mass is 127. The van der Waals surface area contributed by atoms with E-state index in [1.165, 1.54) is 31.4 Å². The van der Waals surface area contributed by atoms with Crippen molar-refractivity contribution in [3.63, 3.8) is 0 Å². The van der Waals surface area contributed by atoms with Crippen molar-refractivity contribution in [3.8, 4) is 28.4 Å². The van der Waals surface area contributed by atoms with Crippen molar-refractivity contribution in [2.75, 3.05) is 13.7 Å². The molecule has 0 saturated carbocycles. The Kier molecular flexibility index (Phi) is 6.66. The molecule has 34 heavy (non-hydrogen) atoms. The predicted octanol–water partition coefficient (Wildman–Crippen LogP) is 6.60. The molecule has 0 N–H and O–H groups in total. The second-order valence-electron chi connectivity index (χ2n) is 8.82. The van der Waals surface area contributed by atoms with Gasteiger partial charge in [-0.25, -0.2) is 4.98 Å². The van der Waals surface area contributed by atoms with Gasteiger partial charge in [0, 0.05) is 40.8 Å². The summed E-state index contributed by atoms with van der Waals surface area (Å²) in [7, 11) is 1.71. The monoisotopic (exact) mass is 561 g/mol. The second-order valence-corrected chi connectivity index (χ2v) is 9.98. The van der Waals surface area contributed by atoms with Gasteiger partial charge in [0.1, 0.15) is 0 Å². The number of methoxy groups -OCH3 is 1. The van der Waals surface area contributed by atoms with Gasteiger partial charge in [0.2, 0.25) is 5.88 Å². The Morgan fingerprint density at radius 1 is 0.853 bits per heavy atom. The number of hydrogen-bond donors (Lipinski definition) is 0. The zero-order valence-electron chi connectivity index (χ0n) is 19.8. The average Bonchev–Trinajstić information content (AvgIpc) is 2.86. The SMILES string of the molecule is COc1nc(-c2cccc(-c3cccc(I)c3C)c2C)nc2c1CN(Cc1ccccc1)CC2. The third kappa shape index (κ3) is 4.46. The maximum atomic E-state index is 5.78. The first kappa shape index (κ1) is 23.0. The highest BCUT2D eigenvalue weighted by Crippen LogP contribution is 2.35. The highest BCUT2D eigenvalue weighted by Gasteiger charge is 2.24. The zero-order valence-corrected chi connectivity index (χ0v) is 22.0. The first-order chi connectivity index (χ1) is 16.5. The second kappa shape index (κ2) is 9.84. The number of ether oxygens (including phenoxy) is 1. The molecule has 4 nitrogen and oxygen atoms in total. The van der Waals surface area contributed by atoms with E-state index < -0.39 is 0 Å². The molecule has 5 rings (SSSR count). The molecule has 2 heterocycles. The smallest absolute Gasteiger partial charge is 0.221 e. The van der Waals surface area contributed by atoms with Crippen LogP contribution >= 0.6 is 22.6 Å². The molecule has 0 radical (unpaired) electrons. The first-order valence-electron chi connectivity index (χ1n) is 11.6. The van der Waals surface area contributed by atoms with Gasteiger partial charge in [0.05, 0.1) is 12.8 Å². The molecule has 1 aliphatic heterocycles. The van der Waals surface area contributed by atoms with E-state index in [2.05, 4.69) is 108 Å². The molecular formula is C29H28IN3O. The van der Waals surface area contributed by atoms with Crippen LogP contribution in [0.2, 0.25) is 0 Å². The van der Waals surface area contributed by atoms with E-state index in [1.807, 2.05) is 0 Å². The highest BCUT2D eigenvalue weighted by molar-refractivity contribution is 14.1. The van der Waals surface area contributed by atoms with E-state index in [-0.39, 0.29) is 0 Å². The van der Waals surface area contributed by atoms with Gasteiger partial charge in [-0.2, -0.15) is 4.98 Å². The van der Waals surface area contributed by atoms with Crippen molar-refractivity contribution in [1.29, 1.82) is 0 Å². The maximum Gasteiger partial charge on any atom is 0.221 e. The molecule has 5 heteroatoms. The Hall–Kier alpha value is -2.77. The van der Waals surface area contributed by atoms with Gasteiger partial charge in [-0.05, 0) is 70.3 Å². The summed E-state index contributed by atoms with van der Waals surface area (Å²) in [5.74, 6) is 1.43. The lowest BCUT2D eigenvalue weighted by atomic mass is 9.93. The summed E-state index contributed by atoms with van der Waals surface area (Å²) in [5.41, 5.74) is 9.55. The molecule has 0 spiro atoms. The number of aromatic nitrogens is 2. The van der Waals surface area contributed by atoms with E-state index in [1.54, 1.807) is 7.11 Å². The maximum absolute atomic E-state index is 5.78. The Labute approximate surface area is 215 Å². The van der Waals surface area contributed by atoms with Gasteiger partial charge in [0.15, 0.2) is 5.82 Å². The third-order valence-corrected chi connectivity index (χ3v) is 7.84.